The highest BCUT2D eigenvalue weighted by atomic mass is 35.5. The summed E-state index contributed by atoms with van der Waals surface area (Å²) >= 11 is 12.0. The molecule has 2 aromatic rings. The molecule has 0 radical (unpaired) electrons. The fourth-order valence-corrected chi connectivity index (χ4v) is 2.44. The first-order valence-electron chi connectivity index (χ1n) is 7.04. The van der Waals surface area contributed by atoms with Crippen molar-refractivity contribution in [2.45, 2.75) is 6.61 Å². The minimum atomic E-state index is -1.31. The van der Waals surface area contributed by atoms with Crippen LogP contribution in [0.5, 0.6) is 11.5 Å². The summed E-state index contributed by atoms with van der Waals surface area (Å²) in [6.45, 7) is 0.138. The largest absolute Gasteiger partial charge is 0.497 e. The van der Waals surface area contributed by atoms with E-state index in [-0.39, 0.29) is 6.61 Å². The van der Waals surface area contributed by atoms with Crippen LogP contribution in [0.4, 0.5) is 0 Å². The van der Waals surface area contributed by atoms with Crippen LogP contribution in [0, 0.1) is 11.3 Å². The highest BCUT2D eigenvalue weighted by Gasteiger charge is 2.11. The molecule has 0 bridgehead atoms. The second-order valence-corrected chi connectivity index (χ2v) is 5.75. The van der Waals surface area contributed by atoms with Crippen LogP contribution >= 0.6 is 23.2 Å². The second kappa shape index (κ2) is 8.43. The number of carboxylic acid groups (broad SMARTS) is 1. The van der Waals surface area contributed by atoms with E-state index in [2.05, 4.69) is 0 Å². The number of ether oxygens (including phenoxy) is 2. The number of halogens is 2. The molecule has 2 aromatic carbocycles. The highest BCUT2D eigenvalue weighted by Crippen LogP contribution is 2.29. The van der Waals surface area contributed by atoms with Gasteiger partial charge in [0.1, 0.15) is 29.7 Å². The van der Waals surface area contributed by atoms with Crippen molar-refractivity contribution in [1.29, 1.82) is 5.26 Å². The smallest absolute Gasteiger partial charge is 0.346 e. The molecule has 0 saturated carbocycles. The summed E-state index contributed by atoms with van der Waals surface area (Å²) in [5.41, 5.74) is 0.743. The predicted octanol–water partition coefficient (Wildman–Crippen LogP) is 4.57. The molecule has 0 aliphatic heterocycles. The number of carbonyl (C=O) groups is 1. The molecule has 25 heavy (non-hydrogen) atoms. The minimum absolute atomic E-state index is 0.138. The molecule has 0 amide bonds. The Morgan fingerprint density at radius 2 is 2.04 bits per heavy atom. The summed E-state index contributed by atoms with van der Waals surface area (Å²) in [5, 5.41) is 18.9. The van der Waals surface area contributed by atoms with E-state index >= 15 is 0 Å². The number of hydrogen-bond donors (Lipinski definition) is 1. The highest BCUT2D eigenvalue weighted by molar-refractivity contribution is 6.35. The van der Waals surface area contributed by atoms with Crippen LogP contribution in [0.1, 0.15) is 11.1 Å². The van der Waals surface area contributed by atoms with Crippen LogP contribution in [0.3, 0.4) is 0 Å². The van der Waals surface area contributed by atoms with E-state index in [1.165, 1.54) is 13.2 Å². The third-order valence-corrected chi connectivity index (χ3v) is 3.86. The molecule has 2 rings (SSSR count). The van der Waals surface area contributed by atoms with Gasteiger partial charge in [0.2, 0.25) is 0 Å². The van der Waals surface area contributed by atoms with Crippen LogP contribution in [0.25, 0.3) is 6.08 Å². The van der Waals surface area contributed by atoms with Crippen LogP contribution in [0.2, 0.25) is 10.0 Å². The standard InChI is InChI=1S/C18H13Cl2NO4/c1-24-15-5-3-11(6-13(9-21)18(22)23)17(8-15)25-10-12-2-4-14(19)7-16(12)20/h2-8H,10H2,1H3,(H,22,23). The first kappa shape index (κ1) is 18.7. The number of nitrogens with zero attached hydrogens (tertiary/aromatic N) is 1. The number of benzene rings is 2. The molecule has 5 nitrogen and oxygen atoms in total. The zero-order valence-electron chi connectivity index (χ0n) is 13.1. The Morgan fingerprint density at radius 3 is 2.64 bits per heavy atom. The van der Waals surface area contributed by atoms with Crippen LogP contribution in [-0.4, -0.2) is 18.2 Å². The molecule has 7 heteroatoms. The molecule has 0 spiro atoms. The van der Waals surface area contributed by atoms with Crippen molar-refractivity contribution in [3.8, 4) is 17.6 Å². The molecule has 0 atom stereocenters. The van der Waals surface area contributed by atoms with Crippen LogP contribution < -0.4 is 9.47 Å². The van der Waals surface area contributed by atoms with Gasteiger partial charge >= 0.3 is 5.97 Å². The molecular formula is C18H13Cl2NO4. The third-order valence-electron chi connectivity index (χ3n) is 3.27. The molecule has 0 saturated heterocycles. The fraction of sp³-hybridized carbons (Fsp3) is 0.111. The van der Waals surface area contributed by atoms with E-state index in [4.69, 9.17) is 43.0 Å². The zero-order chi connectivity index (χ0) is 18.4. The Balaban J connectivity index is 2.34. The molecule has 128 valence electrons. The number of carboxylic acids is 1. The van der Waals surface area contributed by atoms with Crippen LogP contribution in [0.15, 0.2) is 42.0 Å². The Hall–Kier alpha value is -2.68. The van der Waals surface area contributed by atoms with Crippen molar-refractivity contribution in [2.24, 2.45) is 0 Å². The quantitative estimate of drug-likeness (QED) is 0.588. The van der Waals surface area contributed by atoms with Crippen molar-refractivity contribution in [3.63, 3.8) is 0 Å². The molecule has 0 aromatic heterocycles. The van der Waals surface area contributed by atoms with Gasteiger partial charge in [-0.2, -0.15) is 5.26 Å². The van der Waals surface area contributed by atoms with Gasteiger partial charge in [-0.1, -0.05) is 29.3 Å². The van der Waals surface area contributed by atoms with Crippen molar-refractivity contribution < 1.29 is 19.4 Å². The monoisotopic (exact) mass is 377 g/mol. The average Bonchev–Trinajstić information content (AvgIpc) is 2.59. The second-order valence-electron chi connectivity index (χ2n) is 4.90. The number of aliphatic carboxylic acids is 1. The van der Waals surface area contributed by atoms with Gasteiger partial charge in [0.05, 0.1) is 7.11 Å². The lowest BCUT2D eigenvalue weighted by Crippen LogP contribution is -2.01. The SMILES string of the molecule is COc1ccc(C=C(C#N)C(=O)O)c(OCc2ccc(Cl)cc2Cl)c1. The lowest BCUT2D eigenvalue weighted by molar-refractivity contribution is -0.132. The van der Waals surface area contributed by atoms with Gasteiger partial charge in [-0.05, 0) is 30.3 Å². The van der Waals surface area contributed by atoms with E-state index in [1.54, 1.807) is 42.5 Å². The molecule has 1 N–H and O–H groups in total. The number of nitriles is 1. The van der Waals surface area contributed by atoms with Crippen molar-refractivity contribution in [3.05, 3.63) is 63.1 Å². The summed E-state index contributed by atoms with van der Waals surface area (Å²) in [6, 6.07) is 11.5. The predicted molar refractivity (Wildman–Crippen MR) is 95.0 cm³/mol. The number of methoxy groups -OCH3 is 1. The fourth-order valence-electron chi connectivity index (χ4n) is 1.98. The summed E-state index contributed by atoms with van der Waals surface area (Å²) < 4.78 is 10.9. The molecule has 0 heterocycles. The summed E-state index contributed by atoms with van der Waals surface area (Å²) in [4.78, 5) is 11.0. The van der Waals surface area contributed by atoms with Gasteiger partial charge in [0, 0.05) is 27.2 Å². The summed E-state index contributed by atoms with van der Waals surface area (Å²) in [7, 11) is 1.50. The van der Waals surface area contributed by atoms with Crippen molar-refractivity contribution in [2.75, 3.05) is 7.11 Å². The van der Waals surface area contributed by atoms with E-state index < -0.39 is 11.5 Å². The van der Waals surface area contributed by atoms with Gasteiger partial charge in [-0.25, -0.2) is 4.79 Å². The topological polar surface area (TPSA) is 79.5 Å². The Kier molecular flexibility index (Phi) is 6.29. The van der Waals surface area contributed by atoms with Gasteiger partial charge in [-0.3, -0.25) is 0 Å². The number of rotatable bonds is 6. The minimum Gasteiger partial charge on any atom is -0.497 e. The maximum atomic E-state index is 11.0. The van der Waals surface area contributed by atoms with Crippen molar-refractivity contribution in [1.82, 2.24) is 0 Å². The Morgan fingerprint density at radius 1 is 1.28 bits per heavy atom. The lowest BCUT2D eigenvalue weighted by atomic mass is 10.1. The molecule has 0 aliphatic carbocycles. The Labute approximate surface area is 154 Å². The maximum absolute atomic E-state index is 11.0. The summed E-state index contributed by atoms with van der Waals surface area (Å²) in [5.74, 6) is -0.424. The third kappa shape index (κ3) is 4.90. The normalized spacial score (nSPS) is 10.9. The zero-order valence-corrected chi connectivity index (χ0v) is 14.6. The summed E-state index contributed by atoms with van der Waals surface area (Å²) in [6.07, 6.45) is 1.24. The Bertz CT molecular complexity index is 872. The lowest BCUT2D eigenvalue weighted by Gasteiger charge is -2.12. The van der Waals surface area contributed by atoms with E-state index in [0.29, 0.717) is 32.7 Å². The molecular weight excluding hydrogens is 365 g/mol. The van der Waals surface area contributed by atoms with Crippen LogP contribution in [-0.2, 0) is 11.4 Å². The van der Waals surface area contributed by atoms with Gasteiger partial charge in [0.25, 0.3) is 0 Å². The van der Waals surface area contributed by atoms with Gasteiger partial charge in [-0.15, -0.1) is 0 Å². The first-order valence-corrected chi connectivity index (χ1v) is 7.80. The van der Waals surface area contributed by atoms with E-state index in [9.17, 15) is 4.79 Å². The first-order chi connectivity index (χ1) is 11.9. The van der Waals surface area contributed by atoms with Crippen molar-refractivity contribution >= 4 is 35.2 Å². The van der Waals surface area contributed by atoms with E-state index in [1.807, 2.05) is 0 Å². The molecule has 0 unspecified atom stereocenters. The maximum Gasteiger partial charge on any atom is 0.346 e. The number of hydrogen-bond acceptors (Lipinski definition) is 4. The average molecular weight is 378 g/mol. The molecule has 0 aliphatic rings. The molecule has 0 fully saturated rings. The van der Waals surface area contributed by atoms with Gasteiger partial charge in [0.15, 0.2) is 0 Å². The van der Waals surface area contributed by atoms with E-state index in [0.717, 1.165) is 0 Å². The van der Waals surface area contributed by atoms with Gasteiger partial charge < -0.3 is 14.6 Å².